The summed E-state index contributed by atoms with van der Waals surface area (Å²) in [6.45, 7) is 2.45. The zero-order valence-corrected chi connectivity index (χ0v) is 7.62. The van der Waals surface area contributed by atoms with E-state index < -0.39 is 0 Å². The van der Waals surface area contributed by atoms with Gasteiger partial charge in [0, 0.05) is 0 Å². The summed E-state index contributed by atoms with van der Waals surface area (Å²) in [5, 5.41) is 8.50. The maximum absolute atomic E-state index is 3.51. The van der Waals surface area contributed by atoms with Crippen LogP contribution < -0.4 is 10.6 Å². The summed E-state index contributed by atoms with van der Waals surface area (Å²) in [5.41, 5.74) is 0. The van der Waals surface area contributed by atoms with Gasteiger partial charge in [-0.15, -0.1) is 11.8 Å². The number of nitrogens with one attached hydrogen (secondary N) is 2. The molecule has 64 valence electrons. The van der Waals surface area contributed by atoms with Crippen LogP contribution in [0.1, 0.15) is 25.7 Å². The Bertz CT molecular complexity index is 103. The van der Waals surface area contributed by atoms with Gasteiger partial charge in [-0.2, -0.15) is 0 Å². The molecule has 2 aliphatic heterocycles. The number of hydrogen-bond acceptors (Lipinski definition) is 3. The highest BCUT2D eigenvalue weighted by atomic mass is 32.2. The van der Waals surface area contributed by atoms with Crippen molar-refractivity contribution in [2.75, 3.05) is 13.1 Å². The maximum atomic E-state index is 3.51. The van der Waals surface area contributed by atoms with Gasteiger partial charge < -0.3 is 10.6 Å². The van der Waals surface area contributed by atoms with Crippen LogP contribution in [0.3, 0.4) is 0 Å². The van der Waals surface area contributed by atoms with Crippen LogP contribution in [0.5, 0.6) is 0 Å². The first kappa shape index (κ1) is 7.90. The van der Waals surface area contributed by atoms with Crippen molar-refractivity contribution in [1.29, 1.82) is 0 Å². The fourth-order valence-electron chi connectivity index (χ4n) is 1.74. The molecule has 2 heterocycles. The Labute approximate surface area is 72.5 Å². The van der Waals surface area contributed by atoms with Crippen molar-refractivity contribution < 1.29 is 0 Å². The Morgan fingerprint density at radius 1 is 0.909 bits per heavy atom. The summed E-state index contributed by atoms with van der Waals surface area (Å²) in [6, 6.07) is 0. The van der Waals surface area contributed by atoms with Crippen molar-refractivity contribution in [3.8, 4) is 0 Å². The predicted molar refractivity (Wildman–Crippen MR) is 49.6 cm³/mol. The first-order chi connectivity index (χ1) is 5.45. The van der Waals surface area contributed by atoms with Gasteiger partial charge >= 0.3 is 0 Å². The van der Waals surface area contributed by atoms with Crippen LogP contribution in [0.15, 0.2) is 0 Å². The average Bonchev–Trinajstić information content (AvgIpc) is 2.60. The summed E-state index contributed by atoms with van der Waals surface area (Å²) in [6.07, 6.45) is 5.46. The van der Waals surface area contributed by atoms with Crippen LogP contribution in [0.4, 0.5) is 0 Å². The van der Waals surface area contributed by atoms with Gasteiger partial charge in [0.15, 0.2) is 0 Å². The molecule has 0 aromatic heterocycles. The molecule has 0 spiro atoms. The van der Waals surface area contributed by atoms with Gasteiger partial charge in [0.25, 0.3) is 0 Å². The van der Waals surface area contributed by atoms with Gasteiger partial charge in [0.1, 0.15) is 0 Å². The van der Waals surface area contributed by atoms with Crippen molar-refractivity contribution in [1.82, 2.24) is 10.6 Å². The normalized spacial score (nSPS) is 38.2. The summed E-state index contributed by atoms with van der Waals surface area (Å²) >= 11 is 2.09. The number of thioether (sulfide) groups is 1. The molecule has 2 saturated heterocycles. The molecule has 0 aliphatic carbocycles. The van der Waals surface area contributed by atoms with Gasteiger partial charge in [-0.1, -0.05) is 0 Å². The van der Waals surface area contributed by atoms with Crippen molar-refractivity contribution in [2.24, 2.45) is 0 Å². The van der Waals surface area contributed by atoms with Gasteiger partial charge in [-0.25, -0.2) is 0 Å². The van der Waals surface area contributed by atoms with Gasteiger partial charge in [0.05, 0.1) is 10.7 Å². The molecule has 11 heavy (non-hydrogen) atoms. The second kappa shape index (κ2) is 3.78. The third kappa shape index (κ3) is 2.10. The summed E-state index contributed by atoms with van der Waals surface area (Å²) in [5.74, 6) is 0. The van der Waals surface area contributed by atoms with Crippen molar-refractivity contribution in [2.45, 2.75) is 36.4 Å². The SMILES string of the molecule is C1CNC(SC2CCCN2)C1. The average molecular weight is 172 g/mol. The molecule has 2 unspecified atom stereocenters. The van der Waals surface area contributed by atoms with Crippen molar-refractivity contribution >= 4 is 11.8 Å². The van der Waals surface area contributed by atoms with Crippen molar-refractivity contribution in [3.63, 3.8) is 0 Å². The second-order valence-electron chi connectivity index (χ2n) is 3.31. The third-order valence-electron chi connectivity index (χ3n) is 2.36. The van der Waals surface area contributed by atoms with E-state index in [0.717, 1.165) is 10.7 Å². The molecule has 2 aliphatic rings. The predicted octanol–water partition coefficient (Wildman–Crippen LogP) is 1.14. The van der Waals surface area contributed by atoms with Gasteiger partial charge in [0.2, 0.25) is 0 Å². The lowest BCUT2D eigenvalue weighted by Gasteiger charge is -2.15. The molecule has 2 rings (SSSR count). The molecule has 2 atom stereocenters. The Morgan fingerprint density at radius 3 is 1.82 bits per heavy atom. The zero-order valence-electron chi connectivity index (χ0n) is 6.81. The minimum Gasteiger partial charge on any atom is -0.305 e. The fourth-order valence-corrected chi connectivity index (χ4v) is 3.17. The van der Waals surface area contributed by atoms with E-state index in [2.05, 4.69) is 22.4 Å². The smallest absolute Gasteiger partial charge is 0.0548 e. The van der Waals surface area contributed by atoms with E-state index in [1.807, 2.05) is 0 Å². The first-order valence-corrected chi connectivity index (χ1v) is 5.52. The third-order valence-corrected chi connectivity index (χ3v) is 3.82. The molecule has 0 radical (unpaired) electrons. The maximum Gasteiger partial charge on any atom is 0.0548 e. The largest absolute Gasteiger partial charge is 0.305 e. The van der Waals surface area contributed by atoms with Crippen LogP contribution in [0.25, 0.3) is 0 Å². The van der Waals surface area contributed by atoms with Crippen LogP contribution >= 0.6 is 11.8 Å². The topological polar surface area (TPSA) is 24.1 Å². The van der Waals surface area contributed by atoms with Gasteiger partial charge in [-0.05, 0) is 38.8 Å². The molecule has 0 bridgehead atoms. The van der Waals surface area contributed by atoms with E-state index in [9.17, 15) is 0 Å². The molecular formula is C8H16N2S. The summed E-state index contributed by atoms with van der Waals surface area (Å²) < 4.78 is 0. The Hall–Kier alpha value is 0.270. The lowest BCUT2D eigenvalue weighted by Crippen LogP contribution is -2.25. The first-order valence-electron chi connectivity index (χ1n) is 4.57. The van der Waals surface area contributed by atoms with E-state index in [0.29, 0.717) is 0 Å². The quantitative estimate of drug-likeness (QED) is 0.653. The minimum atomic E-state index is 0.741. The number of hydrogen-bond donors (Lipinski definition) is 2. The number of rotatable bonds is 2. The van der Waals surface area contributed by atoms with Crippen LogP contribution in [-0.4, -0.2) is 23.8 Å². The van der Waals surface area contributed by atoms with E-state index in [1.165, 1.54) is 38.8 Å². The molecule has 3 heteroatoms. The van der Waals surface area contributed by atoms with Crippen LogP contribution in [-0.2, 0) is 0 Å². The summed E-state index contributed by atoms with van der Waals surface area (Å²) in [4.78, 5) is 0. The monoisotopic (exact) mass is 172 g/mol. The summed E-state index contributed by atoms with van der Waals surface area (Å²) in [7, 11) is 0. The molecule has 0 aromatic carbocycles. The minimum absolute atomic E-state index is 0.741. The fraction of sp³-hybridized carbons (Fsp3) is 1.00. The van der Waals surface area contributed by atoms with Crippen LogP contribution in [0, 0.1) is 0 Å². The molecule has 0 aromatic rings. The lowest BCUT2D eigenvalue weighted by atomic mass is 10.4. The van der Waals surface area contributed by atoms with E-state index in [-0.39, 0.29) is 0 Å². The molecule has 2 N–H and O–H groups in total. The second-order valence-corrected chi connectivity index (χ2v) is 4.72. The highest BCUT2D eigenvalue weighted by Crippen LogP contribution is 2.26. The molecule has 0 amide bonds. The molecular weight excluding hydrogens is 156 g/mol. The van der Waals surface area contributed by atoms with E-state index in [4.69, 9.17) is 0 Å². The van der Waals surface area contributed by atoms with Crippen molar-refractivity contribution in [3.05, 3.63) is 0 Å². The highest BCUT2D eigenvalue weighted by molar-refractivity contribution is 8.00. The Kier molecular flexibility index (Phi) is 2.72. The molecule has 0 saturated carbocycles. The zero-order chi connectivity index (χ0) is 7.52. The lowest BCUT2D eigenvalue weighted by molar-refractivity contribution is 0.763. The van der Waals surface area contributed by atoms with E-state index in [1.54, 1.807) is 0 Å². The highest BCUT2D eigenvalue weighted by Gasteiger charge is 2.21. The van der Waals surface area contributed by atoms with Gasteiger partial charge in [-0.3, -0.25) is 0 Å². The Balaban J connectivity index is 1.71. The Morgan fingerprint density at radius 2 is 1.45 bits per heavy atom. The molecule has 2 fully saturated rings. The standard InChI is InChI=1S/C8H16N2S/c1-3-7(9-5-1)11-8-4-2-6-10-8/h7-10H,1-6H2. The molecule has 2 nitrogen and oxygen atoms in total. The van der Waals surface area contributed by atoms with Crippen LogP contribution in [0.2, 0.25) is 0 Å². The van der Waals surface area contributed by atoms with E-state index >= 15 is 0 Å².